The molecule has 136 valence electrons. The lowest BCUT2D eigenvalue weighted by Crippen LogP contribution is -2.50. The SMILES string of the molecule is O=C(CN1CCN(C(=O)c2ccc(Cl)cc2)CC1)Nc1ccccc1Cl. The Morgan fingerprint density at radius 3 is 2.23 bits per heavy atom. The van der Waals surface area contributed by atoms with E-state index in [1.807, 2.05) is 17.0 Å². The van der Waals surface area contributed by atoms with E-state index in [4.69, 9.17) is 23.2 Å². The van der Waals surface area contributed by atoms with Crippen molar-refractivity contribution in [2.24, 2.45) is 0 Å². The van der Waals surface area contributed by atoms with Gasteiger partial charge in [0.25, 0.3) is 5.91 Å². The van der Waals surface area contributed by atoms with Crippen molar-refractivity contribution in [1.82, 2.24) is 9.80 Å². The van der Waals surface area contributed by atoms with E-state index in [1.165, 1.54) is 0 Å². The molecule has 0 saturated carbocycles. The third kappa shape index (κ3) is 4.75. The Balaban J connectivity index is 1.49. The number of rotatable bonds is 4. The highest BCUT2D eigenvalue weighted by Crippen LogP contribution is 2.20. The van der Waals surface area contributed by atoms with Crippen molar-refractivity contribution in [3.8, 4) is 0 Å². The lowest BCUT2D eigenvalue weighted by molar-refractivity contribution is -0.117. The van der Waals surface area contributed by atoms with E-state index in [2.05, 4.69) is 5.32 Å². The molecule has 1 fully saturated rings. The molecule has 2 aromatic rings. The monoisotopic (exact) mass is 391 g/mol. The summed E-state index contributed by atoms with van der Waals surface area (Å²) in [4.78, 5) is 28.5. The number of hydrogen-bond donors (Lipinski definition) is 1. The Morgan fingerprint density at radius 2 is 1.58 bits per heavy atom. The van der Waals surface area contributed by atoms with Crippen LogP contribution in [0.15, 0.2) is 48.5 Å². The minimum absolute atomic E-state index is 0.0122. The Bertz CT molecular complexity index is 788. The van der Waals surface area contributed by atoms with E-state index in [0.717, 1.165) is 0 Å². The summed E-state index contributed by atoms with van der Waals surface area (Å²) in [5.41, 5.74) is 1.23. The topological polar surface area (TPSA) is 52.7 Å². The van der Waals surface area contributed by atoms with Gasteiger partial charge in [-0.05, 0) is 36.4 Å². The standard InChI is InChI=1S/C19H19Cl2N3O2/c20-15-7-5-14(6-8-15)19(26)24-11-9-23(10-12-24)13-18(25)22-17-4-2-1-3-16(17)21/h1-8H,9-13H2,(H,22,25). The van der Waals surface area contributed by atoms with Gasteiger partial charge in [-0.15, -0.1) is 0 Å². The van der Waals surface area contributed by atoms with Gasteiger partial charge in [0.1, 0.15) is 0 Å². The van der Waals surface area contributed by atoms with Crippen molar-refractivity contribution in [1.29, 1.82) is 0 Å². The van der Waals surface area contributed by atoms with Gasteiger partial charge in [-0.25, -0.2) is 0 Å². The Kier molecular flexibility index (Phi) is 6.14. The molecule has 1 N–H and O–H groups in total. The van der Waals surface area contributed by atoms with Crippen LogP contribution in [0.25, 0.3) is 0 Å². The molecule has 1 saturated heterocycles. The molecule has 0 radical (unpaired) electrons. The van der Waals surface area contributed by atoms with E-state index in [9.17, 15) is 9.59 Å². The summed E-state index contributed by atoms with van der Waals surface area (Å²) >= 11 is 11.9. The molecule has 0 unspecified atom stereocenters. The smallest absolute Gasteiger partial charge is 0.253 e. The van der Waals surface area contributed by atoms with Crippen molar-refractivity contribution in [2.75, 3.05) is 38.0 Å². The van der Waals surface area contributed by atoms with Gasteiger partial charge in [0.05, 0.1) is 17.3 Å². The molecule has 0 aliphatic carbocycles. The third-order valence-electron chi connectivity index (χ3n) is 4.27. The van der Waals surface area contributed by atoms with Gasteiger partial charge in [0.2, 0.25) is 5.91 Å². The van der Waals surface area contributed by atoms with Gasteiger partial charge in [-0.2, -0.15) is 0 Å². The molecule has 3 rings (SSSR count). The van der Waals surface area contributed by atoms with Crippen molar-refractivity contribution < 1.29 is 9.59 Å². The largest absolute Gasteiger partial charge is 0.336 e. The fraction of sp³-hybridized carbons (Fsp3) is 0.263. The molecule has 1 heterocycles. The summed E-state index contributed by atoms with van der Waals surface area (Å²) in [6.45, 7) is 2.74. The van der Waals surface area contributed by atoms with E-state index < -0.39 is 0 Å². The quantitative estimate of drug-likeness (QED) is 0.868. The van der Waals surface area contributed by atoms with Crippen LogP contribution >= 0.6 is 23.2 Å². The van der Waals surface area contributed by atoms with Gasteiger partial charge in [0.15, 0.2) is 0 Å². The third-order valence-corrected chi connectivity index (χ3v) is 4.85. The normalized spacial score (nSPS) is 14.9. The van der Waals surface area contributed by atoms with Crippen LogP contribution in [0, 0.1) is 0 Å². The van der Waals surface area contributed by atoms with Gasteiger partial charge in [-0.3, -0.25) is 14.5 Å². The highest BCUT2D eigenvalue weighted by molar-refractivity contribution is 6.33. The number of nitrogens with one attached hydrogen (secondary N) is 1. The molecule has 5 nitrogen and oxygen atoms in total. The maximum atomic E-state index is 12.5. The minimum Gasteiger partial charge on any atom is -0.336 e. The van der Waals surface area contributed by atoms with Crippen molar-refractivity contribution in [2.45, 2.75) is 0 Å². The fourth-order valence-electron chi connectivity index (χ4n) is 2.84. The first-order valence-corrected chi connectivity index (χ1v) is 9.10. The molecule has 7 heteroatoms. The van der Waals surface area contributed by atoms with Crippen molar-refractivity contribution in [3.63, 3.8) is 0 Å². The number of benzene rings is 2. The van der Waals surface area contributed by atoms with Crippen LogP contribution < -0.4 is 5.32 Å². The number of anilines is 1. The maximum Gasteiger partial charge on any atom is 0.253 e. The second kappa shape index (κ2) is 8.54. The van der Waals surface area contributed by atoms with Crippen LogP contribution in [0.1, 0.15) is 10.4 Å². The molecule has 1 aliphatic rings. The summed E-state index contributed by atoms with van der Waals surface area (Å²) in [7, 11) is 0. The first kappa shape index (κ1) is 18.7. The number of halogens is 2. The Morgan fingerprint density at radius 1 is 0.923 bits per heavy atom. The van der Waals surface area contributed by atoms with Crippen LogP contribution in [0.2, 0.25) is 10.0 Å². The van der Waals surface area contributed by atoms with Gasteiger partial charge in [0, 0.05) is 36.8 Å². The molecule has 2 aromatic carbocycles. The summed E-state index contributed by atoms with van der Waals surface area (Å²) in [5.74, 6) is -0.127. The minimum atomic E-state index is -0.115. The number of carbonyl (C=O) groups is 2. The highest BCUT2D eigenvalue weighted by Gasteiger charge is 2.23. The highest BCUT2D eigenvalue weighted by atomic mass is 35.5. The fourth-order valence-corrected chi connectivity index (χ4v) is 3.15. The molecule has 26 heavy (non-hydrogen) atoms. The summed E-state index contributed by atoms with van der Waals surface area (Å²) in [6.07, 6.45) is 0. The van der Waals surface area contributed by atoms with Crippen LogP contribution in [-0.4, -0.2) is 54.3 Å². The Labute approximate surface area is 162 Å². The average Bonchev–Trinajstić information content (AvgIpc) is 2.64. The molecule has 0 aromatic heterocycles. The van der Waals surface area contributed by atoms with Crippen LogP contribution in [0.4, 0.5) is 5.69 Å². The summed E-state index contributed by atoms with van der Waals surface area (Å²) in [6, 6.07) is 14.0. The van der Waals surface area contributed by atoms with E-state index in [1.54, 1.807) is 41.3 Å². The van der Waals surface area contributed by atoms with E-state index >= 15 is 0 Å². The molecular weight excluding hydrogens is 373 g/mol. The summed E-state index contributed by atoms with van der Waals surface area (Å²) < 4.78 is 0. The zero-order valence-electron chi connectivity index (χ0n) is 14.1. The first-order chi connectivity index (χ1) is 12.5. The number of hydrogen-bond acceptors (Lipinski definition) is 3. The maximum absolute atomic E-state index is 12.5. The molecular formula is C19H19Cl2N3O2. The van der Waals surface area contributed by atoms with Gasteiger partial charge in [-0.1, -0.05) is 35.3 Å². The zero-order chi connectivity index (χ0) is 18.5. The Hall–Kier alpha value is -2.08. The van der Waals surface area contributed by atoms with Crippen molar-refractivity contribution >= 4 is 40.7 Å². The van der Waals surface area contributed by atoms with Crippen LogP contribution in [0.3, 0.4) is 0 Å². The molecule has 0 atom stereocenters. The number of piperazine rings is 1. The van der Waals surface area contributed by atoms with E-state index in [-0.39, 0.29) is 18.4 Å². The first-order valence-electron chi connectivity index (χ1n) is 8.34. The molecule has 1 aliphatic heterocycles. The lowest BCUT2D eigenvalue weighted by atomic mass is 10.2. The molecule has 0 spiro atoms. The number of nitrogens with zero attached hydrogens (tertiary/aromatic N) is 2. The predicted octanol–water partition coefficient (Wildman–Crippen LogP) is 3.39. The van der Waals surface area contributed by atoms with Crippen LogP contribution in [0.5, 0.6) is 0 Å². The number of amides is 2. The average molecular weight is 392 g/mol. The molecule has 0 bridgehead atoms. The number of carbonyl (C=O) groups excluding carboxylic acids is 2. The zero-order valence-corrected chi connectivity index (χ0v) is 15.6. The van der Waals surface area contributed by atoms with Crippen molar-refractivity contribution in [3.05, 3.63) is 64.1 Å². The second-order valence-electron chi connectivity index (χ2n) is 6.10. The molecule has 2 amide bonds. The van der Waals surface area contributed by atoms with Crippen LogP contribution in [-0.2, 0) is 4.79 Å². The second-order valence-corrected chi connectivity index (χ2v) is 6.95. The van der Waals surface area contributed by atoms with Gasteiger partial charge >= 0.3 is 0 Å². The number of para-hydroxylation sites is 1. The summed E-state index contributed by atoms with van der Waals surface area (Å²) in [5, 5.41) is 3.94. The van der Waals surface area contributed by atoms with Gasteiger partial charge < -0.3 is 10.2 Å². The predicted molar refractivity (Wildman–Crippen MR) is 104 cm³/mol. The lowest BCUT2D eigenvalue weighted by Gasteiger charge is -2.34. The van der Waals surface area contributed by atoms with E-state index in [0.29, 0.717) is 47.5 Å².